The first-order valence-electron chi connectivity index (χ1n) is 18.3. The third kappa shape index (κ3) is 5.15. The summed E-state index contributed by atoms with van der Waals surface area (Å²) in [6, 6.07) is 20.6. The fraction of sp³-hybridized carbons (Fsp3) is 0.478. The van der Waals surface area contributed by atoms with Crippen molar-refractivity contribution in [2.24, 2.45) is 0 Å². The van der Waals surface area contributed by atoms with Crippen molar-refractivity contribution in [1.82, 2.24) is 0 Å². The van der Waals surface area contributed by atoms with Crippen LogP contribution in [0.1, 0.15) is 150 Å². The van der Waals surface area contributed by atoms with E-state index in [1.165, 1.54) is 44.5 Å². The standard InChI is InChI=1S/C46H58OSi/c1-43(2,3)35-19-27-15-29-21-36(44(4,5)6)23-31-17-33-25-38(46(10,11)12)26-34-18-32-24-37(45(7,8)9)22-30(16-28(20-35)39(27)47-13)41(32)48(14,40(29)31)42(33)34/h19-26H,15-18H2,1-14H3. The van der Waals surface area contributed by atoms with Gasteiger partial charge in [-0.1, -0.05) is 138 Å². The lowest BCUT2D eigenvalue weighted by molar-refractivity contribution is 0.405. The van der Waals surface area contributed by atoms with Crippen LogP contribution in [0, 0.1) is 0 Å². The minimum Gasteiger partial charge on any atom is -0.496 e. The summed E-state index contributed by atoms with van der Waals surface area (Å²) in [6.45, 7) is 31.2. The molecular formula is C46H58OSi. The molecule has 0 saturated carbocycles. The zero-order chi connectivity index (χ0) is 34.9. The molecule has 7 rings (SSSR count). The van der Waals surface area contributed by atoms with E-state index in [-0.39, 0.29) is 21.7 Å². The van der Waals surface area contributed by atoms with E-state index < -0.39 is 8.07 Å². The zero-order valence-corrected chi connectivity index (χ0v) is 33.4. The van der Waals surface area contributed by atoms with Crippen LogP contribution in [0.2, 0.25) is 6.55 Å². The molecule has 0 fully saturated rings. The van der Waals surface area contributed by atoms with Crippen molar-refractivity contribution in [1.29, 1.82) is 0 Å². The lowest BCUT2D eigenvalue weighted by Gasteiger charge is -2.47. The normalized spacial score (nSPS) is 16.4. The van der Waals surface area contributed by atoms with Gasteiger partial charge in [-0.05, 0) is 117 Å². The molecule has 2 bridgehead atoms. The Morgan fingerprint density at radius 1 is 0.396 bits per heavy atom. The molecule has 3 aliphatic heterocycles. The highest BCUT2D eigenvalue weighted by Gasteiger charge is 2.49. The van der Waals surface area contributed by atoms with Gasteiger partial charge in [0.1, 0.15) is 13.8 Å². The van der Waals surface area contributed by atoms with Gasteiger partial charge in [0.2, 0.25) is 0 Å². The van der Waals surface area contributed by atoms with Crippen molar-refractivity contribution in [3.8, 4) is 5.75 Å². The van der Waals surface area contributed by atoms with Crippen molar-refractivity contribution < 1.29 is 4.74 Å². The van der Waals surface area contributed by atoms with Crippen LogP contribution in [0.15, 0.2) is 48.5 Å². The molecule has 0 unspecified atom stereocenters. The molecule has 0 amide bonds. The van der Waals surface area contributed by atoms with Crippen LogP contribution in [0.25, 0.3) is 0 Å². The largest absolute Gasteiger partial charge is 0.496 e. The molecule has 4 aromatic carbocycles. The maximum absolute atomic E-state index is 6.42. The summed E-state index contributed by atoms with van der Waals surface area (Å²) in [4.78, 5) is 0. The Morgan fingerprint density at radius 3 is 0.812 bits per heavy atom. The van der Waals surface area contributed by atoms with Crippen LogP contribution in [0.5, 0.6) is 5.75 Å². The second-order valence-electron chi connectivity index (χ2n) is 19.7. The molecular weight excluding hydrogens is 597 g/mol. The molecule has 2 heteroatoms. The summed E-state index contributed by atoms with van der Waals surface area (Å²) in [5.74, 6) is 1.08. The molecule has 4 aromatic rings. The highest BCUT2D eigenvalue weighted by molar-refractivity contribution is 7.12. The van der Waals surface area contributed by atoms with Gasteiger partial charge >= 0.3 is 0 Å². The number of methoxy groups -OCH3 is 1. The maximum atomic E-state index is 6.42. The SMILES string of the molecule is COc1c2cc(C(C)(C)C)cc1Cc1cc(C(C)(C)C)cc3c1[Si]1(C)c4c(cc(C(C)(C)C)cc4Cc4cc(C(C)(C)C)cc(c41)C3)C2. The topological polar surface area (TPSA) is 9.23 Å². The molecule has 3 heterocycles. The lowest BCUT2D eigenvalue weighted by Crippen LogP contribution is -2.73. The van der Waals surface area contributed by atoms with Gasteiger partial charge in [0.25, 0.3) is 0 Å². The highest BCUT2D eigenvalue weighted by atomic mass is 28.3. The van der Waals surface area contributed by atoms with Gasteiger partial charge in [0.15, 0.2) is 0 Å². The Hall–Kier alpha value is -3.10. The molecule has 0 aromatic heterocycles. The van der Waals surface area contributed by atoms with E-state index in [1.807, 2.05) is 7.11 Å². The molecule has 3 aliphatic rings. The number of fused-ring (bicyclic) bond motifs is 2. The summed E-state index contributed by atoms with van der Waals surface area (Å²) in [5.41, 5.74) is 18.1. The molecule has 0 saturated heterocycles. The van der Waals surface area contributed by atoms with E-state index in [0.717, 1.165) is 31.4 Å². The minimum absolute atomic E-state index is 0.0428. The second kappa shape index (κ2) is 10.5. The third-order valence-electron chi connectivity index (χ3n) is 11.8. The summed E-state index contributed by atoms with van der Waals surface area (Å²) in [5, 5.41) is 5.09. The second-order valence-corrected chi connectivity index (χ2v) is 23.4. The minimum atomic E-state index is -2.43. The monoisotopic (exact) mass is 654 g/mol. The van der Waals surface area contributed by atoms with E-state index in [1.54, 1.807) is 37.8 Å². The predicted molar refractivity (Wildman–Crippen MR) is 209 cm³/mol. The number of ether oxygens (including phenoxy) is 1. The van der Waals surface area contributed by atoms with Crippen molar-refractivity contribution in [2.45, 2.75) is 137 Å². The number of rotatable bonds is 1. The molecule has 0 aliphatic carbocycles. The van der Waals surface area contributed by atoms with Crippen molar-refractivity contribution >= 4 is 23.6 Å². The van der Waals surface area contributed by atoms with Gasteiger partial charge in [-0.25, -0.2) is 0 Å². The molecule has 48 heavy (non-hydrogen) atoms. The van der Waals surface area contributed by atoms with E-state index in [0.29, 0.717) is 0 Å². The average molecular weight is 655 g/mol. The first kappa shape index (κ1) is 33.4. The van der Waals surface area contributed by atoms with Gasteiger partial charge < -0.3 is 4.74 Å². The van der Waals surface area contributed by atoms with Gasteiger partial charge in [-0.3, -0.25) is 0 Å². The molecule has 1 nitrogen and oxygen atoms in total. The summed E-state index contributed by atoms with van der Waals surface area (Å²) >= 11 is 0. The van der Waals surface area contributed by atoms with E-state index >= 15 is 0 Å². The summed E-state index contributed by atoms with van der Waals surface area (Å²) in [7, 11) is -0.545. The number of benzene rings is 4. The quantitative estimate of drug-likeness (QED) is 0.164. The Morgan fingerprint density at radius 2 is 0.604 bits per heavy atom. The Balaban J connectivity index is 1.68. The smallest absolute Gasteiger partial charge is 0.147 e. The van der Waals surface area contributed by atoms with E-state index in [4.69, 9.17) is 4.74 Å². The Bertz CT molecular complexity index is 1870. The van der Waals surface area contributed by atoms with Gasteiger partial charge in [-0.2, -0.15) is 0 Å². The van der Waals surface area contributed by atoms with E-state index in [2.05, 4.69) is 138 Å². The van der Waals surface area contributed by atoms with E-state index in [9.17, 15) is 0 Å². The summed E-state index contributed by atoms with van der Waals surface area (Å²) < 4.78 is 6.42. The van der Waals surface area contributed by atoms with Crippen LogP contribution >= 0.6 is 0 Å². The molecule has 0 atom stereocenters. The van der Waals surface area contributed by atoms with Gasteiger partial charge in [0, 0.05) is 12.8 Å². The van der Waals surface area contributed by atoms with Crippen LogP contribution in [0.3, 0.4) is 0 Å². The van der Waals surface area contributed by atoms with Crippen LogP contribution in [-0.4, -0.2) is 15.2 Å². The molecule has 252 valence electrons. The molecule has 0 N–H and O–H groups in total. The first-order chi connectivity index (χ1) is 22.1. The van der Waals surface area contributed by atoms with Crippen molar-refractivity contribution in [3.05, 3.63) is 115 Å². The van der Waals surface area contributed by atoms with Crippen LogP contribution < -0.4 is 20.3 Å². The molecule has 0 spiro atoms. The zero-order valence-electron chi connectivity index (χ0n) is 32.4. The van der Waals surface area contributed by atoms with Crippen molar-refractivity contribution in [3.63, 3.8) is 0 Å². The Kier molecular flexibility index (Phi) is 7.27. The Labute approximate surface area is 292 Å². The van der Waals surface area contributed by atoms with Crippen LogP contribution in [-0.2, 0) is 47.3 Å². The summed E-state index contributed by atoms with van der Waals surface area (Å²) in [6.07, 6.45) is 3.86. The van der Waals surface area contributed by atoms with Gasteiger partial charge in [0.05, 0.1) is 7.11 Å². The van der Waals surface area contributed by atoms with Crippen LogP contribution in [0.4, 0.5) is 0 Å². The number of hydrogen-bond acceptors (Lipinski definition) is 1. The lowest BCUT2D eigenvalue weighted by atomic mass is 9.79. The predicted octanol–water partition coefficient (Wildman–Crippen LogP) is 9.29. The average Bonchev–Trinajstić information content (AvgIpc) is 2.93. The highest BCUT2D eigenvalue weighted by Crippen LogP contribution is 2.41. The fourth-order valence-electron chi connectivity index (χ4n) is 9.27. The fourth-order valence-corrected chi connectivity index (χ4v) is 14.8. The molecule has 0 radical (unpaired) electrons. The maximum Gasteiger partial charge on any atom is 0.147 e. The third-order valence-corrected chi connectivity index (χ3v) is 16.8. The van der Waals surface area contributed by atoms with Crippen molar-refractivity contribution in [2.75, 3.05) is 7.11 Å². The van der Waals surface area contributed by atoms with Gasteiger partial charge in [-0.15, -0.1) is 0 Å². The number of hydrogen-bond donors (Lipinski definition) is 0. The first-order valence-corrected chi connectivity index (χ1v) is 20.8.